The molecule has 0 saturated heterocycles. The quantitative estimate of drug-likeness (QED) is 0.182. The molecule has 0 amide bonds. The number of hydrogen-bond acceptors (Lipinski definition) is 2. The van der Waals surface area contributed by atoms with Gasteiger partial charge in [0.1, 0.15) is 0 Å². The molecule has 0 fully saturated rings. The fraction of sp³-hybridized carbons (Fsp3) is 0.333. The van der Waals surface area contributed by atoms with Crippen molar-refractivity contribution in [3.8, 4) is 0 Å². The molecule has 1 N–H and O–H groups in total. The zero-order chi connectivity index (χ0) is 25.8. The van der Waals surface area contributed by atoms with Crippen LogP contribution in [0.1, 0.15) is 47.1 Å². The van der Waals surface area contributed by atoms with Crippen molar-refractivity contribution in [2.45, 2.75) is 63.6 Å². The van der Waals surface area contributed by atoms with Crippen molar-refractivity contribution in [1.29, 1.82) is 0 Å². The van der Waals surface area contributed by atoms with Crippen LogP contribution in [0.3, 0.4) is 0 Å². The lowest BCUT2D eigenvalue weighted by Gasteiger charge is -2.35. The Morgan fingerprint density at radius 1 is 0.553 bits per heavy atom. The average molecular weight is 503 g/mol. The van der Waals surface area contributed by atoms with Crippen molar-refractivity contribution in [1.82, 2.24) is 10.2 Å². The maximum atomic E-state index is 4.16. The molecule has 38 heavy (non-hydrogen) atoms. The van der Waals surface area contributed by atoms with Crippen LogP contribution in [0.5, 0.6) is 0 Å². The van der Waals surface area contributed by atoms with Crippen LogP contribution in [0.4, 0.5) is 0 Å². The molecule has 1 atom stereocenters. The Morgan fingerprint density at radius 3 is 1.45 bits per heavy atom. The molecule has 4 aromatic rings. The number of rotatable bonds is 14. The molecule has 1 aliphatic carbocycles. The van der Waals surface area contributed by atoms with Crippen LogP contribution in [0, 0.1) is 0 Å². The van der Waals surface area contributed by atoms with Crippen molar-refractivity contribution in [3.63, 3.8) is 0 Å². The molecule has 4 aromatic carbocycles. The number of nitrogens with one attached hydrogen (secondary N) is 1. The minimum atomic E-state index is 0.376. The molecular formula is C36H42N2. The van der Waals surface area contributed by atoms with Crippen LogP contribution in [-0.2, 0) is 32.1 Å². The molecule has 0 spiro atoms. The first-order chi connectivity index (χ1) is 18.8. The van der Waals surface area contributed by atoms with Crippen LogP contribution in [0.2, 0.25) is 0 Å². The summed E-state index contributed by atoms with van der Waals surface area (Å²) >= 11 is 0. The number of benzene rings is 4. The van der Waals surface area contributed by atoms with Gasteiger partial charge in [-0.15, -0.1) is 0 Å². The van der Waals surface area contributed by atoms with Crippen LogP contribution < -0.4 is 5.32 Å². The summed E-state index contributed by atoms with van der Waals surface area (Å²) < 4.78 is 0. The third-order valence-corrected chi connectivity index (χ3v) is 7.98. The smallest absolute Gasteiger partial charge is 0.0602 e. The molecule has 0 saturated carbocycles. The van der Waals surface area contributed by atoms with Crippen molar-refractivity contribution < 1.29 is 0 Å². The van der Waals surface area contributed by atoms with E-state index in [9.17, 15) is 0 Å². The average Bonchev–Trinajstić information content (AvgIpc) is 3.39. The molecule has 196 valence electrons. The lowest BCUT2D eigenvalue weighted by molar-refractivity contribution is 0.140. The van der Waals surface area contributed by atoms with Gasteiger partial charge in [0.05, 0.1) is 6.17 Å². The van der Waals surface area contributed by atoms with Crippen LogP contribution in [-0.4, -0.2) is 30.2 Å². The third-order valence-electron chi connectivity index (χ3n) is 7.98. The highest BCUT2D eigenvalue weighted by atomic mass is 15.3. The number of aryl methyl sites for hydroxylation is 3. The number of fused-ring (bicyclic) bond motifs is 1. The molecule has 2 nitrogen and oxygen atoms in total. The van der Waals surface area contributed by atoms with Crippen LogP contribution >= 0.6 is 0 Å². The Morgan fingerprint density at radius 2 is 0.974 bits per heavy atom. The monoisotopic (exact) mass is 502 g/mol. The summed E-state index contributed by atoms with van der Waals surface area (Å²) in [5.41, 5.74) is 7.36. The SMILES string of the molecule is c1ccc(CCCN(CCCc2ccccc2)C(CCc2ccccc2)NC2Cc3ccccc3C2)cc1. The Labute approximate surface area is 229 Å². The second-order valence-corrected chi connectivity index (χ2v) is 10.8. The molecule has 0 heterocycles. The van der Waals surface area contributed by atoms with Gasteiger partial charge < -0.3 is 0 Å². The van der Waals surface area contributed by atoms with Crippen molar-refractivity contribution in [2.75, 3.05) is 13.1 Å². The van der Waals surface area contributed by atoms with Gasteiger partial charge in [0.15, 0.2) is 0 Å². The molecule has 5 rings (SSSR count). The Hall–Kier alpha value is -3.20. The first kappa shape index (κ1) is 26.4. The third kappa shape index (κ3) is 7.90. The molecule has 2 heteroatoms. The molecule has 0 radical (unpaired) electrons. The largest absolute Gasteiger partial charge is 0.298 e. The highest BCUT2D eigenvalue weighted by molar-refractivity contribution is 5.33. The summed E-state index contributed by atoms with van der Waals surface area (Å²) in [6.07, 6.45) is 9.53. The van der Waals surface area contributed by atoms with Crippen molar-refractivity contribution in [2.24, 2.45) is 0 Å². The lowest BCUT2D eigenvalue weighted by atomic mass is 10.0. The van der Waals surface area contributed by atoms with Gasteiger partial charge in [-0.05, 0) is 92.3 Å². The van der Waals surface area contributed by atoms with E-state index in [4.69, 9.17) is 0 Å². The summed E-state index contributed by atoms with van der Waals surface area (Å²) in [4.78, 5) is 2.76. The Kier molecular flexibility index (Phi) is 9.79. The zero-order valence-corrected chi connectivity index (χ0v) is 22.6. The first-order valence-corrected chi connectivity index (χ1v) is 14.5. The topological polar surface area (TPSA) is 15.3 Å². The first-order valence-electron chi connectivity index (χ1n) is 14.5. The zero-order valence-electron chi connectivity index (χ0n) is 22.6. The van der Waals surface area contributed by atoms with E-state index >= 15 is 0 Å². The fourth-order valence-corrected chi connectivity index (χ4v) is 5.95. The van der Waals surface area contributed by atoms with E-state index in [-0.39, 0.29) is 0 Å². The minimum Gasteiger partial charge on any atom is -0.298 e. The molecule has 0 bridgehead atoms. The van der Waals surface area contributed by atoms with Crippen molar-refractivity contribution in [3.05, 3.63) is 143 Å². The van der Waals surface area contributed by atoms with E-state index < -0.39 is 0 Å². The number of nitrogens with zero attached hydrogens (tertiary/aromatic N) is 1. The normalized spacial score (nSPS) is 14.0. The molecular weight excluding hydrogens is 460 g/mol. The van der Waals surface area contributed by atoms with E-state index in [1.807, 2.05) is 0 Å². The van der Waals surface area contributed by atoms with E-state index in [1.54, 1.807) is 0 Å². The van der Waals surface area contributed by atoms with Gasteiger partial charge >= 0.3 is 0 Å². The summed E-state index contributed by atoms with van der Waals surface area (Å²) in [7, 11) is 0. The predicted octanol–water partition coefficient (Wildman–Crippen LogP) is 7.27. The van der Waals surface area contributed by atoms with Gasteiger partial charge in [0, 0.05) is 6.04 Å². The van der Waals surface area contributed by atoms with Crippen LogP contribution in [0.25, 0.3) is 0 Å². The summed E-state index contributed by atoms with van der Waals surface area (Å²) in [6.45, 7) is 2.24. The standard InChI is InChI=1S/C36H42N2/c1-4-14-30(15-5-1)20-12-26-38(27-13-21-31-16-6-2-7-17-31)36(25-24-32-18-8-3-9-19-32)37-35-28-33-22-10-11-23-34(33)29-35/h1-11,14-19,22-23,35-37H,12-13,20-21,24-29H2. The van der Waals surface area contributed by atoms with Crippen molar-refractivity contribution >= 4 is 0 Å². The summed E-state index contributed by atoms with van der Waals surface area (Å²) in [5.74, 6) is 0. The number of hydrogen-bond donors (Lipinski definition) is 1. The second kappa shape index (κ2) is 14.1. The summed E-state index contributed by atoms with van der Waals surface area (Å²) in [6, 6.07) is 42.5. The summed E-state index contributed by atoms with van der Waals surface area (Å²) in [5, 5.41) is 4.16. The highest BCUT2D eigenvalue weighted by Gasteiger charge is 2.26. The Balaban J connectivity index is 1.28. The lowest BCUT2D eigenvalue weighted by Crippen LogP contribution is -2.51. The Bertz CT molecular complexity index is 1140. The van der Waals surface area contributed by atoms with Gasteiger partial charge in [0.2, 0.25) is 0 Å². The fourth-order valence-electron chi connectivity index (χ4n) is 5.95. The predicted molar refractivity (Wildman–Crippen MR) is 160 cm³/mol. The molecule has 0 aromatic heterocycles. The van der Waals surface area contributed by atoms with E-state index in [0.29, 0.717) is 12.2 Å². The molecule has 1 aliphatic rings. The van der Waals surface area contributed by atoms with Gasteiger partial charge in [-0.3, -0.25) is 10.2 Å². The maximum absolute atomic E-state index is 4.16. The highest BCUT2D eigenvalue weighted by Crippen LogP contribution is 2.23. The minimum absolute atomic E-state index is 0.376. The van der Waals surface area contributed by atoms with E-state index in [2.05, 4.69) is 125 Å². The van der Waals surface area contributed by atoms with Gasteiger partial charge in [0.25, 0.3) is 0 Å². The van der Waals surface area contributed by atoms with Gasteiger partial charge in [-0.1, -0.05) is 115 Å². The second-order valence-electron chi connectivity index (χ2n) is 10.8. The van der Waals surface area contributed by atoms with Crippen LogP contribution in [0.15, 0.2) is 115 Å². The van der Waals surface area contributed by atoms with E-state index in [0.717, 1.165) is 51.6 Å². The molecule has 0 aliphatic heterocycles. The maximum Gasteiger partial charge on any atom is 0.0602 e. The molecule has 1 unspecified atom stereocenters. The van der Waals surface area contributed by atoms with Gasteiger partial charge in [-0.25, -0.2) is 0 Å². The van der Waals surface area contributed by atoms with Gasteiger partial charge in [-0.2, -0.15) is 0 Å². The van der Waals surface area contributed by atoms with E-state index in [1.165, 1.54) is 40.7 Å².